The summed E-state index contributed by atoms with van der Waals surface area (Å²) in [6, 6.07) is 19.2. The zero-order chi connectivity index (χ0) is 22.3. The number of benzene rings is 2. The Balaban J connectivity index is 2.23. The summed E-state index contributed by atoms with van der Waals surface area (Å²) in [5, 5.41) is 0. The maximum Gasteiger partial charge on any atom is 0.323 e. The largest absolute Gasteiger partial charge is 0.468 e. The zero-order valence-corrected chi connectivity index (χ0v) is 17.7. The molecule has 0 radical (unpaired) electrons. The van der Waals surface area contributed by atoms with Gasteiger partial charge >= 0.3 is 11.9 Å². The highest BCUT2D eigenvalue weighted by atomic mass is 16.5. The second-order valence-corrected chi connectivity index (χ2v) is 7.17. The molecule has 0 aliphatic heterocycles. The van der Waals surface area contributed by atoms with Crippen molar-refractivity contribution in [1.29, 1.82) is 0 Å². The van der Waals surface area contributed by atoms with Gasteiger partial charge in [0, 0.05) is 11.1 Å². The predicted molar refractivity (Wildman–Crippen MR) is 121 cm³/mol. The summed E-state index contributed by atoms with van der Waals surface area (Å²) >= 11 is 0. The maximum atomic E-state index is 12.9. The van der Waals surface area contributed by atoms with Gasteiger partial charge in [-0.3, -0.25) is 9.59 Å². The summed E-state index contributed by atoms with van der Waals surface area (Å²) in [5.74, 6) is 5.03. The Kier molecular flexibility index (Phi) is 6.89. The minimum atomic E-state index is -1.52. The van der Waals surface area contributed by atoms with E-state index in [1.165, 1.54) is 14.2 Å². The Morgan fingerprint density at radius 1 is 0.806 bits per heavy atom. The molecule has 0 bridgehead atoms. The standard InChI is InChI=1S/C27H24O4/c1-20-14-15-22(21-10-6-4-7-11-21)16-18-27(25(28)30-2,26(29)31-3)19-17-24(20)23-12-8-5-9-13-23/h4-13,16-17H,1,18-19H2,2-3H3/b22-16+,24-17+. The third kappa shape index (κ3) is 4.67. The molecule has 0 amide bonds. The van der Waals surface area contributed by atoms with Crippen LogP contribution in [0.1, 0.15) is 24.0 Å². The quantitative estimate of drug-likeness (QED) is 0.410. The molecule has 31 heavy (non-hydrogen) atoms. The number of methoxy groups -OCH3 is 2. The van der Waals surface area contributed by atoms with Gasteiger partial charge in [-0.05, 0) is 29.5 Å². The molecule has 2 aromatic rings. The summed E-state index contributed by atoms with van der Waals surface area (Å²) < 4.78 is 10.1. The summed E-state index contributed by atoms with van der Waals surface area (Å²) in [6.07, 6.45) is 3.80. The van der Waals surface area contributed by atoms with E-state index in [4.69, 9.17) is 9.47 Å². The highest BCUT2D eigenvalue weighted by molar-refractivity contribution is 6.01. The molecule has 2 aromatic carbocycles. The van der Waals surface area contributed by atoms with Crippen molar-refractivity contribution in [2.24, 2.45) is 5.41 Å². The fourth-order valence-electron chi connectivity index (χ4n) is 3.55. The van der Waals surface area contributed by atoms with E-state index in [1.807, 2.05) is 66.7 Å². The average Bonchev–Trinajstić information content (AvgIpc) is 2.82. The first kappa shape index (κ1) is 21.9. The zero-order valence-electron chi connectivity index (χ0n) is 17.7. The van der Waals surface area contributed by atoms with Crippen LogP contribution in [0.4, 0.5) is 0 Å². The van der Waals surface area contributed by atoms with Crippen molar-refractivity contribution in [3.8, 4) is 11.8 Å². The summed E-state index contributed by atoms with van der Waals surface area (Å²) in [6.45, 7) is 4.15. The van der Waals surface area contributed by atoms with E-state index in [0.717, 1.165) is 16.7 Å². The molecule has 4 heteroatoms. The molecule has 0 N–H and O–H groups in total. The van der Waals surface area contributed by atoms with Crippen molar-refractivity contribution in [2.45, 2.75) is 12.8 Å². The van der Waals surface area contributed by atoms with Gasteiger partial charge in [-0.25, -0.2) is 0 Å². The lowest BCUT2D eigenvalue weighted by molar-refractivity contribution is -0.168. The number of rotatable bonds is 4. The van der Waals surface area contributed by atoms with Crippen LogP contribution >= 0.6 is 0 Å². The average molecular weight is 412 g/mol. The number of ether oxygens (including phenoxy) is 2. The number of allylic oxidation sites excluding steroid dienone is 5. The Labute approximate surface area is 182 Å². The third-order valence-electron chi connectivity index (χ3n) is 5.30. The first-order valence-corrected chi connectivity index (χ1v) is 9.91. The summed E-state index contributed by atoms with van der Waals surface area (Å²) in [4.78, 5) is 25.8. The number of esters is 2. The van der Waals surface area contributed by atoms with E-state index >= 15 is 0 Å². The lowest BCUT2D eigenvalue weighted by atomic mass is 9.78. The van der Waals surface area contributed by atoms with Crippen LogP contribution in [0.2, 0.25) is 0 Å². The van der Waals surface area contributed by atoms with Crippen LogP contribution in [0.5, 0.6) is 0 Å². The van der Waals surface area contributed by atoms with Gasteiger partial charge < -0.3 is 9.47 Å². The molecule has 0 saturated carbocycles. The van der Waals surface area contributed by atoms with Crippen LogP contribution in [0, 0.1) is 17.3 Å². The molecule has 3 rings (SSSR count). The summed E-state index contributed by atoms with van der Waals surface area (Å²) in [5.41, 5.74) is 2.32. The molecule has 1 aliphatic rings. The molecular formula is C27H24O4. The molecular weight excluding hydrogens is 388 g/mol. The van der Waals surface area contributed by atoms with Crippen molar-refractivity contribution in [3.63, 3.8) is 0 Å². The van der Waals surface area contributed by atoms with Gasteiger partial charge in [0.2, 0.25) is 0 Å². The smallest absolute Gasteiger partial charge is 0.323 e. The van der Waals surface area contributed by atoms with Crippen molar-refractivity contribution in [2.75, 3.05) is 14.2 Å². The molecule has 0 fully saturated rings. The topological polar surface area (TPSA) is 52.6 Å². The van der Waals surface area contributed by atoms with E-state index in [2.05, 4.69) is 18.4 Å². The maximum absolute atomic E-state index is 12.9. The Bertz CT molecular complexity index is 1080. The van der Waals surface area contributed by atoms with Gasteiger partial charge in [0.15, 0.2) is 5.41 Å². The fraction of sp³-hybridized carbons (Fsp3) is 0.185. The van der Waals surface area contributed by atoms with E-state index < -0.39 is 17.4 Å². The molecule has 0 unspecified atom stereocenters. The monoisotopic (exact) mass is 412 g/mol. The highest BCUT2D eigenvalue weighted by Crippen LogP contribution is 2.36. The normalized spacial score (nSPS) is 18.8. The number of hydrogen-bond donors (Lipinski definition) is 0. The minimum absolute atomic E-state index is 0.0931. The minimum Gasteiger partial charge on any atom is -0.468 e. The molecule has 0 aromatic heterocycles. The van der Waals surface area contributed by atoms with E-state index in [9.17, 15) is 9.59 Å². The molecule has 0 atom stereocenters. The first-order valence-electron chi connectivity index (χ1n) is 9.91. The van der Waals surface area contributed by atoms with Gasteiger partial charge in [-0.15, -0.1) is 0 Å². The fourth-order valence-corrected chi connectivity index (χ4v) is 3.55. The van der Waals surface area contributed by atoms with Crippen molar-refractivity contribution >= 4 is 23.1 Å². The Hall–Kier alpha value is -3.84. The second kappa shape index (κ2) is 9.77. The molecule has 1 aliphatic carbocycles. The van der Waals surface area contributed by atoms with Crippen LogP contribution in [0.3, 0.4) is 0 Å². The lowest BCUT2D eigenvalue weighted by Gasteiger charge is -2.27. The first-order chi connectivity index (χ1) is 15.0. The second-order valence-electron chi connectivity index (χ2n) is 7.17. The highest BCUT2D eigenvalue weighted by Gasteiger charge is 2.47. The van der Waals surface area contributed by atoms with Crippen LogP contribution in [0.25, 0.3) is 11.1 Å². The lowest BCUT2D eigenvalue weighted by Crippen LogP contribution is -2.40. The van der Waals surface area contributed by atoms with Gasteiger partial charge in [0.25, 0.3) is 0 Å². The molecule has 0 spiro atoms. The van der Waals surface area contributed by atoms with Gasteiger partial charge in [-0.1, -0.05) is 91.2 Å². The van der Waals surface area contributed by atoms with Gasteiger partial charge in [0.05, 0.1) is 14.2 Å². The van der Waals surface area contributed by atoms with E-state index in [0.29, 0.717) is 11.1 Å². The number of carbonyl (C=O) groups excluding carboxylic acids is 2. The van der Waals surface area contributed by atoms with Crippen LogP contribution in [-0.4, -0.2) is 26.2 Å². The summed E-state index contributed by atoms with van der Waals surface area (Å²) in [7, 11) is 2.54. The molecule has 156 valence electrons. The van der Waals surface area contributed by atoms with Gasteiger partial charge in [0.1, 0.15) is 0 Å². The number of hydrogen-bond acceptors (Lipinski definition) is 4. The van der Waals surface area contributed by atoms with Crippen LogP contribution < -0.4 is 0 Å². The third-order valence-corrected chi connectivity index (χ3v) is 5.30. The van der Waals surface area contributed by atoms with Gasteiger partial charge in [-0.2, -0.15) is 0 Å². The van der Waals surface area contributed by atoms with Crippen LogP contribution in [-0.2, 0) is 19.1 Å². The SMILES string of the molecule is C=C1C#C/C(c2ccccc2)=C\CC(C(=O)OC)(C(=O)OC)C/C=C\1c1ccccc1. The predicted octanol–water partition coefficient (Wildman–Crippen LogP) is 4.84. The Morgan fingerprint density at radius 2 is 1.32 bits per heavy atom. The van der Waals surface area contributed by atoms with Crippen molar-refractivity contribution in [3.05, 3.63) is 96.1 Å². The number of carbonyl (C=O) groups is 2. The van der Waals surface area contributed by atoms with Crippen LogP contribution in [0.15, 0.2) is 85.0 Å². The molecule has 0 saturated heterocycles. The molecule has 4 nitrogen and oxygen atoms in total. The van der Waals surface area contributed by atoms with E-state index in [1.54, 1.807) is 6.08 Å². The molecule has 0 heterocycles. The van der Waals surface area contributed by atoms with Crippen molar-refractivity contribution < 1.29 is 19.1 Å². The Morgan fingerprint density at radius 3 is 1.87 bits per heavy atom. The van der Waals surface area contributed by atoms with E-state index in [-0.39, 0.29) is 12.8 Å². The van der Waals surface area contributed by atoms with Crippen molar-refractivity contribution in [1.82, 2.24) is 0 Å².